The number of benzene rings is 1. The molecule has 2 aliphatic rings. The van der Waals surface area contributed by atoms with Crippen molar-refractivity contribution < 1.29 is 4.59 Å². The lowest BCUT2D eigenvalue weighted by Gasteiger charge is -2.24. The van der Waals surface area contributed by atoms with Crippen LogP contribution in [0, 0.1) is 0 Å². The Morgan fingerprint density at radius 1 is 1.12 bits per heavy atom. The lowest BCUT2D eigenvalue weighted by Crippen LogP contribution is -2.33. The average Bonchev–Trinajstić information content (AvgIpc) is 2.70. The Hall–Kier alpha value is -2.00. The van der Waals surface area contributed by atoms with Gasteiger partial charge in [0.05, 0.1) is 0 Å². The van der Waals surface area contributed by atoms with Crippen molar-refractivity contribution in [3.8, 4) is 0 Å². The number of rotatable bonds is 1. The molecule has 84 valence electrons. The minimum Gasteiger partial charge on any atom is -0.119 e. The van der Waals surface area contributed by atoms with E-state index in [4.69, 9.17) is 0 Å². The SMILES string of the molecule is CC1=CC=CC2=C(c3ccccc3)N=N[N+]12C. The van der Waals surface area contributed by atoms with Gasteiger partial charge in [-0.15, -0.1) is 4.59 Å². The second kappa shape index (κ2) is 3.50. The molecule has 3 rings (SSSR count). The van der Waals surface area contributed by atoms with Crippen molar-refractivity contribution in [1.29, 1.82) is 0 Å². The standard InChI is InChI=1S/C14H14N3/c1-11-7-6-10-13-14(15-16-17(11,13)2)12-8-4-3-5-9-12/h3-10H,1-2H3/q+1. The van der Waals surface area contributed by atoms with E-state index in [1.165, 1.54) is 5.70 Å². The van der Waals surface area contributed by atoms with Gasteiger partial charge in [-0.05, 0) is 6.08 Å². The van der Waals surface area contributed by atoms with Crippen LogP contribution in [0.5, 0.6) is 0 Å². The Kier molecular flexibility index (Phi) is 2.09. The summed E-state index contributed by atoms with van der Waals surface area (Å²) in [4.78, 5) is 0. The molecule has 0 N–H and O–H groups in total. The molecule has 0 saturated heterocycles. The maximum Gasteiger partial charge on any atom is 0.194 e. The minimum atomic E-state index is 0.445. The predicted molar refractivity (Wildman–Crippen MR) is 67.3 cm³/mol. The van der Waals surface area contributed by atoms with E-state index in [1.54, 1.807) is 0 Å². The van der Waals surface area contributed by atoms with Crippen molar-refractivity contribution in [3.63, 3.8) is 0 Å². The molecule has 0 bridgehead atoms. The van der Waals surface area contributed by atoms with Gasteiger partial charge in [-0.1, -0.05) is 41.5 Å². The third-order valence-electron chi connectivity index (χ3n) is 3.36. The zero-order valence-electron chi connectivity index (χ0n) is 9.96. The third-order valence-corrected chi connectivity index (χ3v) is 3.36. The fraction of sp³-hybridized carbons (Fsp3) is 0.143. The zero-order valence-corrected chi connectivity index (χ0v) is 9.96. The normalized spacial score (nSPS) is 26.1. The summed E-state index contributed by atoms with van der Waals surface area (Å²) in [6.07, 6.45) is 6.23. The van der Waals surface area contributed by atoms with Crippen LogP contribution in [0.25, 0.3) is 5.70 Å². The van der Waals surface area contributed by atoms with E-state index >= 15 is 0 Å². The largest absolute Gasteiger partial charge is 0.194 e. The molecule has 0 aromatic heterocycles. The average molecular weight is 224 g/mol. The third kappa shape index (κ3) is 1.40. The molecule has 1 unspecified atom stereocenters. The number of allylic oxidation sites excluding steroid dienone is 4. The first-order valence-electron chi connectivity index (χ1n) is 5.67. The van der Waals surface area contributed by atoms with Crippen molar-refractivity contribution in [2.24, 2.45) is 10.3 Å². The van der Waals surface area contributed by atoms with E-state index in [0.717, 1.165) is 17.0 Å². The van der Waals surface area contributed by atoms with Gasteiger partial charge in [0.25, 0.3) is 0 Å². The van der Waals surface area contributed by atoms with Crippen molar-refractivity contribution in [3.05, 3.63) is 65.5 Å². The van der Waals surface area contributed by atoms with Crippen molar-refractivity contribution >= 4 is 5.70 Å². The Balaban J connectivity index is 2.18. The highest BCUT2D eigenvalue weighted by Crippen LogP contribution is 2.39. The number of hydrogen-bond acceptors (Lipinski definition) is 2. The van der Waals surface area contributed by atoms with Gasteiger partial charge in [0.1, 0.15) is 12.7 Å². The Bertz CT molecular complexity index is 579. The quantitative estimate of drug-likeness (QED) is 0.650. The Morgan fingerprint density at radius 3 is 2.65 bits per heavy atom. The summed E-state index contributed by atoms with van der Waals surface area (Å²) < 4.78 is 0.445. The van der Waals surface area contributed by atoms with Gasteiger partial charge in [0.15, 0.2) is 11.4 Å². The number of quaternary nitrogens is 1. The van der Waals surface area contributed by atoms with Gasteiger partial charge < -0.3 is 0 Å². The van der Waals surface area contributed by atoms with Crippen LogP contribution in [-0.4, -0.2) is 11.6 Å². The highest BCUT2D eigenvalue weighted by molar-refractivity contribution is 5.69. The molecule has 2 aliphatic heterocycles. The summed E-state index contributed by atoms with van der Waals surface area (Å²) in [7, 11) is 2.06. The highest BCUT2D eigenvalue weighted by Gasteiger charge is 2.39. The van der Waals surface area contributed by atoms with Crippen molar-refractivity contribution in [1.82, 2.24) is 0 Å². The van der Waals surface area contributed by atoms with E-state index in [2.05, 4.69) is 54.7 Å². The highest BCUT2D eigenvalue weighted by atomic mass is 15.7. The molecular formula is C14H14N3+. The second-order valence-corrected chi connectivity index (χ2v) is 4.42. The van der Waals surface area contributed by atoms with Crippen LogP contribution >= 0.6 is 0 Å². The van der Waals surface area contributed by atoms with Gasteiger partial charge in [0.2, 0.25) is 0 Å². The van der Waals surface area contributed by atoms with Gasteiger partial charge in [-0.25, -0.2) is 0 Å². The van der Waals surface area contributed by atoms with Crippen LogP contribution in [0.2, 0.25) is 0 Å². The van der Waals surface area contributed by atoms with Crippen molar-refractivity contribution in [2.45, 2.75) is 6.92 Å². The first-order valence-corrected chi connectivity index (χ1v) is 5.67. The summed E-state index contributed by atoms with van der Waals surface area (Å²) >= 11 is 0. The van der Waals surface area contributed by atoms with Crippen molar-refractivity contribution in [2.75, 3.05) is 7.05 Å². The lowest BCUT2D eigenvalue weighted by atomic mass is 10.1. The van der Waals surface area contributed by atoms with Gasteiger partial charge in [-0.2, -0.15) is 0 Å². The van der Waals surface area contributed by atoms with Gasteiger partial charge in [-0.3, -0.25) is 0 Å². The Labute approximate surface area is 101 Å². The summed E-state index contributed by atoms with van der Waals surface area (Å²) in [5.74, 6) is 0. The molecule has 0 aliphatic carbocycles. The molecule has 3 nitrogen and oxygen atoms in total. The monoisotopic (exact) mass is 224 g/mol. The molecule has 0 saturated carbocycles. The molecule has 0 radical (unpaired) electrons. The van der Waals surface area contributed by atoms with E-state index in [1.807, 2.05) is 18.2 Å². The van der Waals surface area contributed by atoms with Crippen LogP contribution in [0.4, 0.5) is 0 Å². The fourth-order valence-electron chi connectivity index (χ4n) is 2.15. The molecule has 17 heavy (non-hydrogen) atoms. The molecular weight excluding hydrogens is 210 g/mol. The van der Waals surface area contributed by atoms with Crippen LogP contribution < -0.4 is 0 Å². The molecule has 2 heterocycles. The summed E-state index contributed by atoms with van der Waals surface area (Å²) in [6, 6.07) is 10.2. The van der Waals surface area contributed by atoms with Crippen LogP contribution in [-0.2, 0) is 0 Å². The minimum absolute atomic E-state index is 0.445. The second-order valence-electron chi connectivity index (χ2n) is 4.42. The number of nitrogens with zero attached hydrogens (tertiary/aromatic N) is 3. The smallest absolute Gasteiger partial charge is 0.119 e. The first kappa shape index (κ1) is 10.2. The summed E-state index contributed by atoms with van der Waals surface area (Å²) in [5, 5.41) is 8.75. The van der Waals surface area contributed by atoms with E-state index in [0.29, 0.717) is 4.59 Å². The molecule has 0 spiro atoms. The van der Waals surface area contributed by atoms with E-state index in [9.17, 15) is 0 Å². The molecule has 0 fully saturated rings. The molecule has 3 heteroatoms. The molecule has 1 aromatic rings. The van der Waals surface area contributed by atoms with E-state index in [-0.39, 0.29) is 0 Å². The molecule has 1 atom stereocenters. The summed E-state index contributed by atoms with van der Waals surface area (Å²) in [5.41, 5.74) is 4.40. The van der Waals surface area contributed by atoms with Crippen LogP contribution in [0.1, 0.15) is 12.5 Å². The Morgan fingerprint density at radius 2 is 1.88 bits per heavy atom. The number of fused-ring (bicyclic) bond motifs is 1. The maximum absolute atomic E-state index is 4.40. The van der Waals surface area contributed by atoms with Gasteiger partial charge in [0, 0.05) is 23.8 Å². The molecule has 1 aromatic carbocycles. The first-order chi connectivity index (χ1) is 8.22. The van der Waals surface area contributed by atoms with Gasteiger partial charge >= 0.3 is 0 Å². The predicted octanol–water partition coefficient (Wildman–Crippen LogP) is 3.66. The lowest BCUT2D eigenvalue weighted by molar-refractivity contribution is -0.839. The van der Waals surface area contributed by atoms with Crippen LogP contribution in [0.15, 0.2) is 70.3 Å². The van der Waals surface area contributed by atoms with E-state index < -0.39 is 0 Å². The topological polar surface area (TPSA) is 24.7 Å². The molecule has 0 amide bonds. The summed E-state index contributed by atoms with van der Waals surface area (Å²) in [6.45, 7) is 2.08. The zero-order chi connectivity index (χ0) is 11.9. The van der Waals surface area contributed by atoms with Crippen LogP contribution in [0.3, 0.4) is 0 Å². The maximum atomic E-state index is 4.40. The number of likely N-dealkylation sites (N-methyl/N-ethyl adjacent to an activating group) is 1. The number of hydrogen-bond donors (Lipinski definition) is 0. The fourth-order valence-corrected chi connectivity index (χ4v) is 2.15.